The summed E-state index contributed by atoms with van der Waals surface area (Å²) in [7, 11) is -2.44. The van der Waals surface area contributed by atoms with Crippen molar-refractivity contribution in [3.8, 4) is 5.75 Å². The van der Waals surface area contributed by atoms with Crippen molar-refractivity contribution in [2.75, 3.05) is 20.3 Å². The van der Waals surface area contributed by atoms with E-state index in [2.05, 4.69) is 5.32 Å². The standard InChI is InChI=1S/C19H26N2O6S/c1-13-5-3-4-10-21(13)28(24,25)17-11-14(6-9-16(17)26-2)19(23)27-12-18(22)20-15-7-8-15/h6,9,11,13,15H,3-5,7-8,10,12H2,1-2H3,(H,20,22)/t13-/m0/s1. The van der Waals surface area contributed by atoms with E-state index in [0.29, 0.717) is 6.54 Å². The highest BCUT2D eigenvalue weighted by molar-refractivity contribution is 7.89. The molecule has 1 aliphatic heterocycles. The number of hydrogen-bond donors (Lipinski definition) is 1. The van der Waals surface area contributed by atoms with Crippen LogP contribution in [0.2, 0.25) is 0 Å². The summed E-state index contributed by atoms with van der Waals surface area (Å²) in [5, 5.41) is 2.72. The molecule has 9 heteroatoms. The largest absolute Gasteiger partial charge is 0.495 e. The van der Waals surface area contributed by atoms with Crippen LogP contribution in [0, 0.1) is 0 Å². The maximum atomic E-state index is 13.2. The Morgan fingerprint density at radius 3 is 2.61 bits per heavy atom. The van der Waals surface area contributed by atoms with Gasteiger partial charge in [-0.2, -0.15) is 4.31 Å². The number of amides is 1. The number of sulfonamides is 1. The highest BCUT2D eigenvalue weighted by Gasteiger charge is 2.33. The molecule has 0 unspecified atom stereocenters. The summed E-state index contributed by atoms with van der Waals surface area (Å²) in [5.74, 6) is -0.947. The Morgan fingerprint density at radius 2 is 1.96 bits per heavy atom. The van der Waals surface area contributed by atoms with Crippen LogP contribution in [-0.2, 0) is 19.6 Å². The molecule has 1 aromatic carbocycles. The maximum absolute atomic E-state index is 13.2. The molecule has 1 heterocycles. The first kappa shape index (κ1) is 20.6. The number of hydrogen-bond acceptors (Lipinski definition) is 6. The SMILES string of the molecule is COc1ccc(C(=O)OCC(=O)NC2CC2)cc1S(=O)(=O)N1CCCC[C@@H]1C. The van der Waals surface area contributed by atoms with E-state index in [1.54, 1.807) is 0 Å². The quantitative estimate of drug-likeness (QED) is 0.687. The van der Waals surface area contributed by atoms with E-state index in [-0.39, 0.29) is 34.2 Å². The fourth-order valence-electron chi connectivity index (χ4n) is 3.27. The summed E-state index contributed by atoms with van der Waals surface area (Å²) >= 11 is 0. The van der Waals surface area contributed by atoms with E-state index in [1.165, 1.54) is 29.6 Å². The van der Waals surface area contributed by atoms with Crippen molar-refractivity contribution in [1.82, 2.24) is 9.62 Å². The van der Waals surface area contributed by atoms with Gasteiger partial charge in [-0.3, -0.25) is 4.79 Å². The van der Waals surface area contributed by atoms with Crippen LogP contribution in [0.15, 0.2) is 23.1 Å². The molecule has 28 heavy (non-hydrogen) atoms. The summed E-state index contributed by atoms with van der Waals surface area (Å²) in [6.07, 6.45) is 4.45. The molecule has 0 spiro atoms. The van der Waals surface area contributed by atoms with E-state index >= 15 is 0 Å². The van der Waals surface area contributed by atoms with Crippen molar-refractivity contribution in [2.24, 2.45) is 0 Å². The van der Waals surface area contributed by atoms with Gasteiger partial charge < -0.3 is 14.8 Å². The van der Waals surface area contributed by atoms with E-state index in [1.807, 2.05) is 6.92 Å². The molecule has 1 aliphatic carbocycles. The molecule has 1 amide bonds. The maximum Gasteiger partial charge on any atom is 0.338 e. The summed E-state index contributed by atoms with van der Waals surface area (Å²) in [4.78, 5) is 23.9. The number of carbonyl (C=O) groups excluding carboxylic acids is 2. The van der Waals surface area contributed by atoms with Crippen molar-refractivity contribution in [2.45, 2.75) is 56.0 Å². The van der Waals surface area contributed by atoms with Crippen molar-refractivity contribution in [3.05, 3.63) is 23.8 Å². The number of benzene rings is 1. The van der Waals surface area contributed by atoms with Crippen molar-refractivity contribution < 1.29 is 27.5 Å². The first-order valence-electron chi connectivity index (χ1n) is 9.49. The van der Waals surface area contributed by atoms with Gasteiger partial charge in [-0.15, -0.1) is 0 Å². The molecule has 0 bridgehead atoms. The van der Waals surface area contributed by atoms with E-state index in [0.717, 1.165) is 32.1 Å². The number of nitrogens with zero attached hydrogens (tertiary/aromatic N) is 1. The molecular weight excluding hydrogens is 384 g/mol. The Hall–Kier alpha value is -2.13. The lowest BCUT2D eigenvalue weighted by Crippen LogP contribution is -2.42. The van der Waals surface area contributed by atoms with Gasteiger partial charge >= 0.3 is 5.97 Å². The Kier molecular flexibility index (Phi) is 6.24. The molecule has 154 valence electrons. The fraction of sp³-hybridized carbons (Fsp3) is 0.579. The Morgan fingerprint density at radius 1 is 1.21 bits per heavy atom. The lowest BCUT2D eigenvalue weighted by molar-refractivity contribution is -0.124. The number of nitrogens with one attached hydrogen (secondary N) is 1. The molecule has 1 aromatic rings. The molecule has 3 rings (SSSR count). The number of carbonyl (C=O) groups is 2. The van der Waals surface area contributed by atoms with Crippen molar-refractivity contribution in [1.29, 1.82) is 0 Å². The highest BCUT2D eigenvalue weighted by Crippen LogP contribution is 2.31. The third-order valence-corrected chi connectivity index (χ3v) is 7.04. The molecule has 2 fully saturated rings. The average Bonchev–Trinajstić information content (AvgIpc) is 3.49. The second-order valence-electron chi connectivity index (χ2n) is 7.24. The minimum absolute atomic E-state index is 0.0586. The molecule has 1 N–H and O–H groups in total. The van der Waals surface area contributed by atoms with Crippen LogP contribution in [-0.4, -0.2) is 56.9 Å². The zero-order valence-electron chi connectivity index (χ0n) is 16.1. The molecule has 0 aromatic heterocycles. The van der Waals surface area contributed by atoms with Crippen molar-refractivity contribution >= 4 is 21.9 Å². The van der Waals surface area contributed by atoms with Crippen LogP contribution >= 0.6 is 0 Å². The normalized spacial score (nSPS) is 20.4. The average molecular weight is 410 g/mol. The zero-order valence-corrected chi connectivity index (χ0v) is 17.0. The lowest BCUT2D eigenvalue weighted by Gasteiger charge is -2.32. The smallest absolute Gasteiger partial charge is 0.338 e. The van der Waals surface area contributed by atoms with Crippen LogP contribution in [0.1, 0.15) is 49.4 Å². The molecule has 0 radical (unpaired) electrons. The third kappa shape index (κ3) is 4.64. The topological polar surface area (TPSA) is 102 Å². The molecule has 8 nitrogen and oxygen atoms in total. The van der Waals surface area contributed by atoms with E-state index < -0.39 is 22.6 Å². The first-order chi connectivity index (χ1) is 13.3. The summed E-state index contributed by atoms with van der Waals surface area (Å²) in [5.41, 5.74) is 0.0586. The fourth-order valence-corrected chi connectivity index (χ4v) is 5.15. The van der Waals surface area contributed by atoms with Gasteiger partial charge in [-0.1, -0.05) is 6.42 Å². The lowest BCUT2D eigenvalue weighted by atomic mass is 10.1. The third-order valence-electron chi connectivity index (χ3n) is 5.00. The Bertz CT molecular complexity index is 850. The van der Waals surface area contributed by atoms with Crippen LogP contribution in [0.5, 0.6) is 5.75 Å². The summed E-state index contributed by atoms with van der Waals surface area (Å²) in [6, 6.07) is 4.18. The molecule has 2 aliphatic rings. The van der Waals surface area contributed by atoms with E-state index in [9.17, 15) is 18.0 Å². The first-order valence-corrected chi connectivity index (χ1v) is 10.9. The second-order valence-corrected chi connectivity index (χ2v) is 9.10. The summed E-state index contributed by atoms with van der Waals surface area (Å²) < 4.78 is 38.0. The Labute approximate surface area is 165 Å². The van der Waals surface area contributed by atoms with Crippen LogP contribution in [0.4, 0.5) is 0 Å². The van der Waals surface area contributed by atoms with Gasteiger partial charge in [0.2, 0.25) is 10.0 Å². The van der Waals surface area contributed by atoms with Crippen LogP contribution in [0.3, 0.4) is 0 Å². The summed E-state index contributed by atoms with van der Waals surface area (Å²) in [6.45, 7) is 1.91. The minimum atomic E-state index is -3.83. The van der Waals surface area contributed by atoms with E-state index in [4.69, 9.17) is 9.47 Å². The number of rotatable bonds is 7. The highest BCUT2D eigenvalue weighted by atomic mass is 32.2. The predicted molar refractivity (Wildman–Crippen MR) is 102 cm³/mol. The number of methoxy groups -OCH3 is 1. The van der Waals surface area contributed by atoms with Gasteiger partial charge in [0.25, 0.3) is 5.91 Å². The number of esters is 1. The molecular formula is C19H26N2O6S. The van der Waals surface area contributed by atoms with Gasteiger partial charge in [-0.05, 0) is 50.8 Å². The molecule has 1 saturated heterocycles. The van der Waals surface area contributed by atoms with Gasteiger partial charge in [0.05, 0.1) is 12.7 Å². The van der Waals surface area contributed by atoms with Gasteiger partial charge in [-0.25, -0.2) is 13.2 Å². The monoisotopic (exact) mass is 410 g/mol. The van der Waals surface area contributed by atoms with Gasteiger partial charge in [0.15, 0.2) is 6.61 Å². The van der Waals surface area contributed by atoms with Crippen LogP contribution < -0.4 is 10.1 Å². The zero-order chi connectivity index (χ0) is 20.3. The van der Waals surface area contributed by atoms with Gasteiger partial charge in [0.1, 0.15) is 10.6 Å². The number of ether oxygens (including phenoxy) is 2. The number of piperidine rings is 1. The second kappa shape index (κ2) is 8.48. The van der Waals surface area contributed by atoms with Crippen molar-refractivity contribution in [3.63, 3.8) is 0 Å². The van der Waals surface area contributed by atoms with Crippen LogP contribution in [0.25, 0.3) is 0 Å². The minimum Gasteiger partial charge on any atom is -0.495 e. The predicted octanol–water partition coefficient (Wildman–Crippen LogP) is 1.69. The molecule has 1 saturated carbocycles. The molecule has 1 atom stereocenters. The Balaban J connectivity index is 1.78. The van der Waals surface area contributed by atoms with Gasteiger partial charge in [0, 0.05) is 18.6 Å².